The maximum Gasteiger partial charge on any atom is 0.308 e. The van der Waals surface area contributed by atoms with Crippen LogP contribution in [-0.2, 0) is 11.3 Å². The van der Waals surface area contributed by atoms with E-state index in [2.05, 4.69) is 20.8 Å². The van der Waals surface area contributed by atoms with Gasteiger partial charge in [-0.05, 0) is 35.4 Å². The van der Waals surface area contributed by atoms with Gasteiger partial charge in [-0.2, -0.15) is 0 Å². The van der Waals surface area contributed by atoms with Crippen LogP contribution in [0.4, 0.5) is 0 Å². The lowest BCUT2D eigenvalue weighted by molar-refractivity contribution is -0.141. The lowest BCUT2D eigenvalue weighted by Gasteiger charge is -2.17. The van der Waals surface area contributed by atoms with E-state index in [0.717, 1.165) is 15.6 Å². The van der Waals surface area contributed by atoms with Gasteiger partial charge in [-0.15, -0.1) is 0 Å². The molecule has 1 heterocycles. The van der Waals surface area contributed by atoms with Crippen molar-refractivity contribution in [3.8, 4) is 5.75 Å². The average Bonchev–Trinajstić information content (AvgIpc) is 3.01. The van der Waals surface area contributed by atoms with Crippen LogP contribution in [0.2, 0.25) is 5.02 Å². The van der Waals surface area contributed by atoms with Gasteiger partial charge in [0.25, 0.3) is 0 Å². The van der Waals surface area contributed by atoms with Crippen LogP contribution in [0.15, 0.2) is 46.9 Å². The number of ether oxygens (including phenoxy) is 1. The number of carboxylic acids is 1. The van der Waals surface area contributed by atoms with E-state index in [-0.39, 0.29) is 5.92 Å². The Morgan fingerprint density at radius 1 is 1.32 bits per heavy atom. The minimum atomic E-state index is -0.749. The Balaban J connectivity index is 1.79. The fourth-order valence-electron chi connectivity index (χ4n) is 3.40. The molecule has 25 heavy (non-hydrogen) atoms. The van der Waals surface area contributed by atoms with Crippen LogP contribution < -0.4 is 4.74 Å². The Morgan fingerprint density at radius 3 is 2.80 bits per heavy atom. The number of methoxy groups -OCH3 is 1. The molecule has 0 bridgehead atoms. The summed E-state index contributed by atoms with van der Waals surface area (Å²) in [6.45, 7) is 1.90. The number of halogens is 2. The predicted molar refractivity (Wildman–Crippen MR) is 101 cm³/mol. The van der Waals surface area contributed by atoms with E-state index in [1.807, 2.05) is 42.5 Å². The molecule has 0 amide bonds. The second kappa shape index (κ2) is 7.77. The smallest absolute Gasteiger partial charge is 0.308 e. The Bertz CT molecular complexity index is 783. The van der Waals surface area contributed by atoms with E-state index >= 15 is 0 Å². The van der Waals surface area contributed by atoms with Crippen molar-refractivity contribution in [1.82, 2.24) is 4.90 Å². The summed E-state index contributed by atoms with van der Waals surface area (Å²) in [7, 11) is 1.59. The molecule has 2 aromatic carbocycles. The summed E-state index contributed by atoms with van der Waals surface area (Å²) in [6, 6.07) is 13.6. The van der Waals surface area contributed by atoms with E-state index in [1.165, 1.54) is 0 Å². The highest BCUT2D eigenvalue weighted by Gasteiger charge is 2.38. The number of likely N-dealkylation sites (tertiary alicyclic amines) is 1. The third kappa shape index (κ3) is 4.17. The van der Waals surface area contributed by atoms with Crippen molar-refractivity contribution in [2.75, 3.05) is 20.2 Å². The number of benzene rings is 2. The molecule has 0 spiro atoms. The molecule has 4 nitrogen and oxygen atoms in total. The average molecular weight is 425 g/mol. The van der Waals surface area contributed by atoms with Crippen LogP contribution in [0.3, 0.4) is 0 Å². The van der Waals surface area contributed by atoms with Crippen molar-refractivity contribution >= 4 is 33.5 Å². The molecule has 2 aromatic rings. The number of hydrogen-bond acceptors (Lipinski definition) is 3. The van der Waals surface area contributed by atoms with Crippen molar-refractivity contribution in [1.29, 1.82) is 0 Å². The van der Waals surface area contributed by atoms with Gasteiger partial charge in [0.1, 0.15) is 5.75 Å². The SMILES string of the molecule is COc1cc(CN2C[C@H](C(=O)O)[C@@H](c3cccc(Br)c3)C2)ccc1Cl. The van der Waals surface area contributed by atoms with E-state index in [4.69, 9.17) is 16.3 Å². The van der Waals surface area contributed by atoms with Gasteiger partial charge in [-0.3, -0.25) is 9.69 Å². The topological polar surface area (TPSA) is 49.8 Å². The first-order valence-electron chi connectivity index (χ1n) is 8.01. The van der Waals surface area contributed by atoms with Gasteiger partial charge in [-0.1, -0.05) is 45.7 Å². The number of hydrogen-bond donors (Lipinski definition) is 1. The molecule has 0 aliphatic carbocycles. The van der Waals surface area contributed by atoms with Crippen LogP contribution in [-0.4, -0.2) is 36.2 Å². The number of rotatable bonds is 5. The molecule has 1 fully saturated rings. The Morgan fingerprint density at radius 2 is 2.12 bits per heavy atom. The molecule has 2 atom stereocenters. The molecule has 0 unspecified atom stereocenters. The monoisotopic (exact) mass is 423 g/mol. The summed E-state index contributed by atoms with van der Waals surface area (Å²) < 4.78 is 6.23. The molecule has 0 radical (unpaired) electrons. The summed E-state index contributed by atoms with van der Waals surface area (Å²) in [4.78, 5) is 13.9. The third-order valence-electron chi connectivity index (χ3n) is 4.61. The standard InChI is InChI=1S/C19H19BrClNO3/c1-25-18-7-12(5-6-17(18)21)9-22-10-15(16(11-22)19(23)24)13-3-2-4-14(20)8-13/h2-8,15-16H,9-11H2,1H3,(H,23,24)/t15-,16+/m1/s1. The Labute approximate surface area is 160 Å². The number of nitrogens with zero attached hydrogens (tertiary/aromatic N) is 1. The van der Waals surface area contributed by atoms with Crippen LogP contribution in [0, 0.1) is 5.92 Å². The molecule has 6 heteroatoms. The minimum absolute atomic E-state index is 0.0239. The van der Waals surface area contributed by atoms with Crippen molar-refractivity contribution in [2.24, 2.45) is 5.92 Å². The molecule has 1 N–H and O–H groups in total. The lowest BCUT2D eigenvalue weighted by Crippen LogP contribution is -2.23. The van der Waals surface area contributed by atoms with Crippen LogP contribution in [0.25, 0.3) is 0 Å². The summed E-state index contributed by atoms with van der Waals surface area (Å²) in [5, 5.41) is 10.2. The molecular formula is C19H19BrClNO3. The maximum atomic E-state index is 11.7. The van der Waals surface area contributed by atoms with Crippen LogP contribution in [0.1, 0.15) is 17.0 Å². The fraction of sp³-hybridized carbons (Fsp3) is 0.316. The zero-order chi connectivity index (χ0) is 18.0. The highest BCUT2D eigenvalue weighted by Crippen LogP contribution is 2.35. The van der Waals surface area contributed by atoms with Gasteiger partial charge >= 0.3 is 5.97 Å². The summed E-state index contributed by atoms with van der Waals surface area (Å²) in [5.41, 5.74) is 2.11. The summed E-state index contributed by atoms with van der Waals surface area (Å²) in [6.07, 6.45) is 0. The van der Waals surface area contributed by atoms with Crippen molar-refractivity contribution < 1.29 is 14.6 Å². The number of aliphatic carboxylic acids is 1. The van der Waals surface area contributed by atoms with E-state index in [0.29, 0.717) is 30.4 Å². The normalized spacial score (nSPS) is 20.6. The molecule has 1 saturated heterocycles. The number of carboxylic acid groups (broad SMARTS) is 1. The van der Waals surface area contributed by atoms with Crippen molar-refractivity contribution in [2.45, 2.75) is 12.5 Å². The van der Waals surface area contributed by atoms with E-state index in [9.17, 15) is 9.90 Å². The second-order valence-corrected chi connectivity index (χ2v) is 7.59. The van der Waals surface area contributed by atoms with Gasteiger partial charge in [0, 0.05) is 30.0 Å². The Kier molecular flexibility index (Phi) is 5.67. The lowest BCUT2D eigenvalue weighted by atomic mass is 9.89. The molecule has 0 aromatic heterocycles. The van der Waals surface area contributed by atoms with E-state index in [1.54, 1.807) is 7.11 Å². The Hall–Kier alpha value is -1.56. The van der Waals surface area contributed by atoms with Crippen molar-refractivity contribution in [3.63, 3.8) is 0 Å². The van der Waals surface area contributed by atoms with Gasteiger partial charge < -0.3 is 9.84 Å². The zero-order valence-electron chi connectivity index (χ0n) is 13.8. The van der Waals surface area contributed by atoms with Crippen LogP contribution >= 0.6 is 27.5 Å². The summed E-state index contributed by atoms with van der Waals surface area (Å²) >= 11 is 9.55. The molecule has 1 aliphatic heterocycles. The highest BCUT2D eigenvalue weighted by atomic mass is 79.9. The first-order valence-corrected chi connectivity index (χ1v) is 9.18. The first kappa shape index (κ1) is 18.2. The predicted octanol–water partition coefficient (Wildman–Crippen LogP) is 4.41. The molecule has 0 saturated carbocycles. The quantitative estimate of drug-likeness (QED) is 0.772. The van der Waals surface area contributed by atoms with Gasteiger partial charge in [-0.25, -0.2) is 0 Å². The molecule has 3 rings (SSSR count). The fourth-order valence-corrected chi connectivity index (χ4v) is 4.01. The summed E-state index contributed by atoms with van der Waals surface area (Å²) in [5.74, 6) is -0.550. The van der Waals surface area contributed by atoms with Gasteiger partial charge in [0.05, 0.1) is 18.1 Å². The van der Waals surface area contributed by atoms with Crippen molar-refractivity contribution in [3.05, 3.63) is 63.1 Å². The highest BCUT2D eigenvalue weighted by molar-refractivity contribution is 9.10. The van der Waals surface area contributed by atoms with Gasteiger partial charge in [0.15, 0.2) is 0 Å². The molecule has 1 aliphatic rings. The second-order valence-electron chi connectivity index (χ2n) is 6.27. The molecule has 132 valence electrons. The number of carbonyl (C=O) groups is 1. The third-order valence-corrected chi connectivity index (χ3v) is 5.42. The van der Waals surface area contributed by atoms with Gasteiger partial charge in [0.2, 0.25) is 0 Å². The maximum absolute atomic E-state index is 11.7. The zero-order valence-corrected chi connectivity index (χ0v) is 16.1. The van der Waals surface area contributed by atoms with Crippen LogP contribution in [0.5, 0.6) is 5.75 Å². The molecular weight excluding hydrogens is 406 g/mol. The largest absolute Gasteiger partial charge is 0.495 e. The first-order chi connectivity index (χ1) is 12.0. The minimum Gasteiger partial charge on any atom is -0.495 e. The van der Waals surface area contributed by atoms with E-state index < -0.39 is 11.9 Å².